The van der Waals surface area contributed by atoms with Crippen molar-refractivity contribution in [3.05, 3.63) is 116 Å². The number of rotatable bonds is 10. The van der Waals surface area contributed by atoms with Gasteiger partial charge in [-0.05, 0) is 98.5 Å². The molecule has 10 rings (SSSR count). The van der Waals surface area contributed by atoms with Crippen molar-refractivity contribution in [1.29, 1.82) is 0 Å². The molecule has 7 heterocycles. The van der Waals surface area contributed by atoms with Gasteiger partial charge in [0.1, 0.15) is 17.5 Å². The topological polar surface area (TPSA) is 203 Å². The number of fused-ring (bicyclic) bond motifs is 2. The van der Waals surface area contributed by atoms with Gasteiger partial charge in [-0.3, -0.25) is 43.6 Å². The summed E-state index contributed by atoms with van der Waals surface area (Å²) < 4.78 is 1.70. The molecule has 0 spiro atoms. The molecule has 5 aliphatic rings. The molecule has 1 saturated carbocycles. The molecule has 4 amide bonds. The predicted octanol–water partition coefficient (Wildman–Crippen LogP) is 4.76. The number of likely N-dealkylation sites (tertiary alicyclic amines) is 1. The third-order valence-electron chi connectivity index (χ3n) is 14.5. The zero-order valence-electron chi connectivity index (χ0n) is 37.8. The normalized spacial score (nSPS) is 20.1. The number of carbonyl (C=O) groups is 5. The lowest BCUT2D eigenvalue weighted by molar-refractivity contribution is -0.136. The van der Waals surface area contributed by atoms with Gasteiger partial charge in [0, 0.05) is 87.5 Å². The van der Waals surface area contributed by atoms with Crippen molar-refractivity contribution in [3.8, 4) is 0 Å². The number of pyridine rings is 2. The van der Waals surface area contributed by atoms with Gasteiger partial charge in [0.2, 0.25) is 17.8 Å². The molecule has 3 saturated heterocycles. The molecule has 17 heteroatoms. The number of anilines is 3. The number of benzene rings is 2. The minimum Gasteiger partial charge on any atom is -0.385 e. The zero-order valence-corrected chi connectivity index (χ0v) is 37.8. The molecule has 17 nitrogen and oxygen atoms in total. The lowest BCUT2D eigenvalue weighted by Crippen LogP contribution is -2.52. The number of aliphatic hydroxyl groups is 1. The molecule has 2 aromatic carbocycles. The monoisotopic (exact) mass is 906 g/mol. The van der Waals surface area contributed by atoms with Crippen LogP contribution in [0.4, 0.5) is 17.5 Å². The van der Waals surface area contributed by atoms with Crippen LogP contribution < -0.4 is 21.1 Å². The van der Waals surface area contributed by atoms with Gasteiger partial charge in [0.15, 0.2) is 5.78 Å². The highest BCUT2D eigenvalue weighted by atomic mass is 16.3. The van der Waals surface area contributed by atoms with Gasteiger partial charge in [-0.25, -0.2) is 9.97 Å². The summed E-state index contributed by atoms with van der Waals surface area (Å²) in [5.74, 6) is -0.406. The predicted molar refractivity (Wildman–Crippen MR) is 249 cm³/mol. The Hall–Kier alpha value is -6.85. The first-order valence-electron chi connectivity index (χ1n) is 23.4. The first-order chi connectivity index (χ1) is 32.3. The summed E-state index contributed by atoms with van der Waals surface area (Å²) in [5.41, 5.74) is 4.69. The van der Waals surface area contributed by atoms with Crippen LogP contribution in [-0.4, -0.2) is 114 Å². The number of carbonyl (C=O) groups excluding carboxylic acids is 5. The summed E-state index contributed by atoms with van der Waals surface area (Å²) >= 11 is 0. The van der Waals surface area contributed by atoms with Gasteiger partial charge in [-0.1, -0.05) is 37.1 Å². The number of hydrogen-bond donors (Lipinski definition) is 3. The van der Waals surface area contributed by atoms with Crippen LogP contribution in [0.3, 0.4) is 0 Å². The highest BCUT2D eigenvalue weighted by molar-refractivity contribution is 6.05. The molecule has 5 aromatic rings. The second-order valence-electron chi connectivity index (χ2n) is 18.7. The molecule has 346 valence electrons. The van der Waals surface area contributed by atoms with Gasteiger partial charge < -0.3 is 25.1 Å². The Morgan fingerprint density at radius 2 is 1.63 bits per heavy atom. The smallest absolute Gasteiger partial charge is 0.263 e. The number of aromatic nitrogens is 4. The van der Waals surface area contributed by atoms with Gasteiger partial charge in [0.25, 0.3) is 17.4 Å². The summed E-state index contributed by atoms with van der Waals surface area (Å²) in [6.45, 7) is 7.92. The lowest BCUT2D eigenvalue weighted by atomic mass is 9.83. The van der Waals surface area contributed by atoms with Crippen molar-refractivity contribution in [1.82, 2.24) is 39.5 Å². The van der Waals surface area contributed by atoms with Crippen molar-refractivity contribution in [3.63, 3.8) is 0 Å². The van der Waals surface area contributed by atoms with E-state index in [0.717, 1.165) is 48.1 Å². The van der Waals surface area contributed by atoms with Crippen LogP contribution in [0, 0.1) is 6.92 Å². The maximum absolute atomic E-state index is 13.6. The quantitative estimate of drug-likeness (QED) is 0.128. The Morgan fingerprint density at radius 1 is 0.881 bits per heavy atom. The lowest BCUT2D eigenvalue weighted by Gasteiger charge is -2.38. The van der Waals surface area contributed by atoms with E-state index < -0.39 is 17.6 Å². The summed E-state index contributed by atoms with van der Waals surface area (Å²) in [4.78, 5) is 98.9. The van der Waals surface area contributed by atoms with E-state index in [2.05, 4.69) is 30.4 Å². The highest BCUT2D eigenvalue weighted by Gasteiger charge is 2.41. The van der Waals surface area contributed by atoms with Crippen LogP contribution >= 0.6 is 0 Å². The minimum atomic E-state index is -1.05. The fourth-order valence-electron chi connectivity index (χ4n) is 10.7. The highest BCUT2D eigenvalue weighted by Crippen LogP contribution is 2.37. The van der Waals surface area contributed by atoms with Crippen LogP contribution in [0.5, 0.6) is 0 Å². The van der Waals surface area contributed by atoms with Crippen LogP contribution in [0.2, 0.25) is 0 Å². The molecule has 67 heavy (non-hydrogen) atoms. The number of piperidine rings is 2. The number of amides is 4. The summed E-state index contributed by atoms with van der Waals surface area (Å²) in [6.07, 6.45) is 8.77. The van der Waals surface area contributed by atoms with E-state index in [1.807, 2.05) is 53.4 Å². The Labute approximate surface area is 387 Å². The number of hydrogen-bond acceptors (Lipinski definition) is 13. The molecular weight excluding hydrogens is 853 g/mol. The van der Waals surface area contributed by atoms with Crippen molar-refractivity contribution < 1.29 is 29.1 Å². The van der Waals surface area contributed by atoms with Crippen molar-refractivity contribution in [2.24, 2.45) is 0 Å². The van der Waals surface area contributed by atoms with E-state index in [9.17, 15) is 33.9 Å². The van der Waals surface area contributed by atoms with Crippen LogP contribution in [0.15, 0.2) is 71.8 Å². The zero-order chi connectivity index (χ0) is 46.6. The largest absolute Gasteiger partial charge is 0.385 e. The standard InChI is InChI=1S/C50H54N10O7/c1-30-39-27-52-49(55-44(39)60(36-5-3-4-6-36)48(66)43(30)31(2)61)53-41-15-12-37(26-51-41)57-21-23-58(24-22-57)46(64)33-9-7-32(8-10-33)28-56-19-17-50(67,18-20-56)35-11-13-38-34(25-35)29-59(47(38)65)40-14-16-42(62)54-45(40)63/h7-13,15,25-27,36,40,67H,3-6,14,16-24,28-29H2,1-2H3,(H,54,62,63)(H,51,52,53,55). The van der Waals surface area contributed by atoms with E-state index in [4.69, 9.17) is 4.98 Å². The Kier molecular flexibility index (Phi) is 11.7. The molecule has 1 unspecified atom stereocenters. The van der Waals surface area contributed by atoms with Gasteiger partial charge in [-0.2, -0.15) is 4.98 Å². The molecule has 1 aliphatic carbocycles. The van der Waals surface area contributed by atoms with Crippen LogP contribution in [-0.2, 0) is 28.3 Å². The van der Waals surface area contributed by atoms with Gasteiger partial charge >= 0.3 is 0 Å². The number of nitrogens with zero attached hydrogens (tertiary/aromatic N) is 8. The molecule has 4 fully saturated rings. The van der Waals surface area contributed by atoms with Crippen LogP contribution in [0.25, 0.3) is 11.0 Å². The summed E-state index contributed by atoms with van der Waals surface area (Å²) in [7, 11) is 0. The summed E-state index contributed by atoms with van der Waals surface area (Å²) in [5, 5.41) is 18.0. The number of imide groups is 1. The Morgan fingerprint density at radius 3 is 2.31 bits per heavy atom. The second kappa shape index (κ2) is 17.8. The minimum absolute atomic E-state index is 0.00960. The number of aryl methyl sites for hydroxylation is 1. The number of nitrogens with one attached hydrogen (secondary N) is 2. The molecule has 3 N–H and O–H groups in total. The van der Waals surface area contributed by atoms with Crippen LogP contribution in [0.1, 0.15) is 118 Å². The van der Waals surface area contributed by atoms with Gasteiger partial charge in [-0.15, -0.1) is 0 Å². The molecule has 0 radical (unpaired) electrons. The van der Waals surface area contributed by atoms with Crippen molar-refractivity contribution in [2.45, 2.75) is 96.0 Å². The fraction of sp³-hybridized carbons (Fsp3) is 0.420. The van der Waals surface area contributed by atoms with E-state index in [1.165, 1.54) is 11.8 Å². The van der Waals surface area contributed by atoms with Crippen molar-refractivity contribution >= 4 is 57.9 Å². The first kappa shape index (κ1) is 44.0. The van der Waals surface area contributed by atoms with Gasteiger partial charge in [0.05, 0.1) is 23.0 Å². The molecular formula is C50H54N10O7. The van der Waals surface area contributed by atoms with E-state index in [-0.39, 0.29) is 53.6 Å². The number of piperazine rings is 1. The van der Waals surface area contributed by atoms with E-state index >= 15 is 0 Å². The molecule has 1 atom stereocenters. The Balaban J connectivity index is 0.706. The SMILES string of the molecule is CC(=O)c1c(C)c2cnc(Nc3ccc(N4CCN(C(=O)c5ccc(CN6CCC(O)(c7ccc8c(c7)CN(C7CCC(=O)NC7=O)C8=O)CC6)cc5)CC4)cn3)nc2n(C2CCCC2)c1=O. The third kappa shape index (κ3) is 8.46. The third-order valence-corrected chi connectivity index (χ3v) is 14.5. The van der Waals surface area contributed by atoms with E-state index in [0.29, 0.717) is 105 Å². The second-order valence-corrected chi connectivity index (χ2v) is 18.7. The summed E-state index contributed by atoms with van der Waals surface area (Å²) in [6, 6.07) is 16.4. The average molecular weight is 907 g/mol. The number of Topliss-reactive ketones (excluding diaryl/α,β-unsaturated/α-hetero) is 1. The first-order valence-corrected chi connectivity index (χ1v) is 23.4. The van der Waals surface area contributed by atoms with Crippen molar-refractivity contribution in [2.75, 3.05) is 49.5 Å². The average Bonchev–Trinajstić information content (AvgIpc) is 3.98. The molecule has 0 bridgehead atoms. The molecule has 3 aromatic heterocycles. The van der Waals surface area contributed by atoms with E-state index in [1.54, 1.807) is 30.0 Å². The maximum atomic E-state index is 13.6. The molecule has 4 aliphatic heterocycles. The Bertz CT molecular complexity index is 2860. The maximum Gasteiger partial charge on any atom is 0.263 e. The fourth-order valence-corrected chi connectivity index (χ4v) is 10.7. The number of ketones is 1.